The van der Waals surface area contributed by atoms with Gasteiger partial charge in [-0.05, 0) is 30.1 Å². The zero-order valence-corrected chi connectivity index (χ0v) is 12.8. The van der Waals surface area contributed by atoms with Gasteiger partial charge in [-0.15, -0.1) is 0 Å². The molecule has 0 saturated carbocycles. The summed E-state index contributed by atoms with van der Waals surface area (Å²) in [5.41, 5.74) is 2.08. The molecular weight excluding hydrogens is 246 g/mol. The van der Waals surface area contributed by atoms with E-state index in [9.17, 15) is 0 Å². The van der Waals surface area contributed by atoms with E-state index in [4.69, 9.17) is 0 Å². The molecule has 0 aliphatic carbocycles. The van der Waals surface area contributed by atoms with Crippen molar-refractivity contribution in [2.75, 3.05) is 43.7 Å². The SMILES string of the molecule is C=CC(=C)C(=C)CCN(CCSC)CCSC. The molecular formula is C14H25NS2. The lowest BCUT2D eigenvalue weighted by molar-refractivity contribution is 0.313. The first kappa shape index (κ1) is 16.9. The van der Waals surface area contributed by atoms with Crippen molar-refractivity contribution >= 4 is 23.5 Å². The molecule has 0 unspecified atom stereocenters. The van der Waals surface area contributed by atoms with E-state index in [1.54, 1.807) is 6.08 Å². The molecule has 0 radical (unpaired) electrons. The summed E-state index contributed by atoms with van der Waals surface area (Å²) in [5.74, 6) is 2.40. The van der Waals surface area contributed by atoms with Gasteiger partial charge in [0, 0.05) is 31.1 Å². The van der Waals surface area contributed by atoms with E-state index < -0.39 is 0 Å². The highest BCUT2D eigenvalue weighted by Gasteiger charge is 2.05. The van der Waals surface area contributed by atoms with Crippen molar-refractivity contribution in [2.24, 2.45) is 0 Å². The third kappa shape index (κ3) is 8.58. The molecule has 0 aromatic rings. The lowest BCUT2D eigenvalue weighted by atomic mass is 10.1. The van der Waals surface area contributed by atoms with Gasteiger partial charge in [-0.2, -0.15) is 23.5 Å². The van der Waals surface area contributed by atoms with Gasteiger partial charge in [0.05, 0.1) is 0 Å². The highest BCUT2D eigenvalue weighted by molar-refractivity contribution is 7.98. The Kier molecular flexibility index (Phi) is 10.9. The van der Waals surface area contributed by atoms with E-state index in [0.717, 1.165) is 37.2 Å². The molecule has 17 heavy (non-hydrogen) atoms. The monoisotopic (exact) mass is 271 g/mol. The Morgan fingerprint density at radius 3 is 2.00 bits per heavy atom. The van der Waals surface area contributed by atoms with Crippen molar-refractivity contribution in [3.63, 3.8) is 0 Å². The molecule has 0 aromatic carbocycles. The average molecular weight is 271 g/mol. The second-order valence-corrected chi connectivity index (χ2v) is 5.88. The highest BCUT2D eigenvalue weighted by Crippen LogP contribution is 2.12. The molecule has 0 atom stereocenters. The molecule has 3 heteroatoms. The summed E-state index contributed by atoms with van der Waals surface area (Å²) < 4.78 is 0. The van der Waals surface area contributed by atoms with Gasteiger partial charge in [-0.1, -0.05) is 25.8 Å². The molecule has 0 heterocycles. The van der Waals surface area contributed by atoms with Gasteiger partial charge in [0.1, 0.15) is 0 Å². The van der Waals surface area contributed by atoms with E-state index in [-0.39, 0.29) is 0 Å². The van der Waals surface area contributed by atoms with Crippen molar-refractivity contribution in [3.8, 4) is 0 Å². The number of hydrogen-bond donors (Lipinski definition) is 0. The molecule has 0 N–H and O–H groups in total. The van der Waals surface area contributed by atoms with Crippen LogP contribution in [0.3, 0.4) is 0 Å². The van der Waals surface area contributed by atoms with Crippen LogP contribution in [0, 0.1) is 0 Å². The summed E-state index contributed by atoms with van der Waals surface area (Å²) in [6.07, 6.45) is 7.10. The molecule has 0 spiro atoms. The van der Waals surface area contributed by atoms with Crippen molar-refractivity contribution < 1.29 is 0 Å². The predicted octanol–water partition coefficient (Wildman–Crippen LogP) is 3.70. The minimum Gasteiger partial charge on any atom is -0.301 e. The Balaban J connectivity index is 4.00. The van der Waals surface area contributed by atoms with Gasteiger partial charge < -0.3 is 4.90 Å². The van der Waals surface area contributed by atoms with E-state index in [1.807, 2.05) is 23.5 Å². The minimum absolute atomic E-state index is 0.972. The standard InChI is InChI=1S/C14H25NS2/c1-6-13(2)14(3)7-8-15(9-11-16-4)10-12-17-5/h6H,1-3,7-12H2,4-5H3. The molecule has 0 bridgehead atoms. The predicted molar refractivity (Wildman–Crippen MR) is 86.3 cm³/mol. The summed E-state index contributed by atoms with van der Waals surface area (Å²) in [4.78, 5) is 2.51. The van der Waals surface area contributed by atoms with Crippen molar-refractivity contribution in [3.05, 3.63) is 37.0 Å². The Hall–Kier alpha value is -0.120. The molecule has 0 aromatic heterocycles. The van der Waals surface area contributed by atoms with E-state index in [0.29, 0.717) is 0 Å². The molecule has 0 fully saturated rings. The van der Waals surface area contributed by atoms with Crippen LogP contribution in [0.4, 0.5) is 0 Å². The summed E-state index contributed by atoms with van der Waals surface area (Å²) in [6, 6.07) is 0. The fourth-order valence-electron chi connectivity index (χ4n) is 1.37. The minimum atomic E-state index is 0.972. The first-order valence-electron chi connectivity index (χ1n) is 5.85. The van der Waals surface area contributed by atoms with E-state index in [2.05, 4.69) is 37.1 Å². The largest absolute Gasteiger partial charge is 0.301 e. The third-order valence-corrected chi connectivity index (χ3v) is 3.84. The zero-order chi connectivity index (χ0) is 13.1. The lowest BCUT2D eigenvalue weighted by Gasteiger charge is -2.22. The van der Waals surface area contributed by atoms with Gasteiger partial charge >= 0.3 is 0 Å². The molecule has 0 aliphatic rings. The molecule has 0 rings (SSSR count). The summed E-state index contributed by atoms with van der Waals surface area (Å²) in [6.45, 7) is 15.1. The molecule has 0 aliphatic heterocycles. The highest BCUT2D eigenvalue weighted by atomic mass is 32.2. The fourth-order valence-corrected chi connectivity index (χ4v) is 2.26. The van der Waals surface area contributed by atoms with Crippen molar-refractivity contribution in [1.29, 1.82) is 0 Å². The normalized spacial score (nSPS) is 10.5. The van der Waals surface area contributed by atoms with Crippen LogP contribution in [-0.2, 0) is 0 Å². The van der Waals surface area contributed by atoms with Crippen LogP contribution in [-0.4, -0.2) is 48.6 Å². The Bertz CT molecular complexity index is 241. The lowest BCUT2D eigenvalue weighted by Crippen LogP contribution is -2.30. The number of hydrogen-bond acceptors (Lipinski definition) is 3. The van der Waals surface area contributed by atoms with Crippen molar-refractivity contribution in [2.45, 2.75) is 6.42 Å². The second-order valence-electron chi connectivity index (χ2n) is 3.91. The first-order chi connectivity index (χ1) is 8.15. The Morgan fingerprint density at radius 1 is 1.06 bits per heavy atom. The van der Waals surface area contributed by atoms with Crippen LogP contribution >= 0.6 is 23.5 Å². The zero-order valence-electron chi connectivity index (χ0n) is 11.2. The molecule has 0 amide bonds. The van der Waals surface area contributed by atoms with Crippen LogP contribution in [0.1, 0.15) is 6.42 Å². The number of thioether (sulfide) groups is 2. The topological polar surface area (TPSA) is 3.24 Å². The Morgan fingerprint density at radius 2 is 1.59 bits per heavy atom. The van der Waals surface area contributed by atoms with Gasteiger partial charge in [0.2, 0.25) is 0 Å². The van der Waals surface area contributed by atoms with Crippen LogP contribution in [0.15, 0.2) is 37.0 Å². The van der Waals surface area contributed by atoms with Crippen LogP contribution < -0.4 is 0 Å². The summed E-state index contributed by atoms with van der Waals surface area (Å²) in [7, 11) is 0. The van der Waals surface area contributed by atoms with E-state index >= 15 is 0 Å². The maximum atomic E-state index is 4.05. The number of nitrogens with zero attached hydrogens (tertiary/aromatic N) is 1. The van der Waals surface area contributed by atoms with Crippen LogP contribution in [0.2, 0.25) is 0 Å². The summed E-state index contributed by atoms with van der Waals surface area (Å²) >= 11 is 3.81. The van der Waals surface area contributed by atoms with Crippen molar-refractivity contribution in [1.82, 2.24) is 4.90 Å². The number of allylic oxidation sites excluding steroid dienone is 2. The maximum Gasteiger partial charge on any atom is 0.00727 e. The number of rotatable bonds is 11. The smallest absolute Gasteiger partial charge is 0.00727 e. The quantitative estimate of drug-likeness (QED) is 0.528. The van der Waals surface area contributed by atoms with Gasteiger partial charge in [-0.25, -0.2) is 0 Å². The fraction of sp³-hybridized carbons (Fsp3) is 0.571. The Labute approximate surface area is 115 Å². The average Bonchev–Trinajstić information content (AvgIpc) is 2.36. The molecule has 1 nitrogen and oxygen atoms in total. The molecule has 0 saturated heterocycles. The van der Waals surface area contributed by atoms with E-state index in [1.165, 1.54) is 11.5 Å². The first-order valence-corrected chi connectivity index (χ1v) is 8.64. The van der Waals surface area contributed by atoms with Gasteiger partial charge in [0.15, 0.2) is 0 Å². The van der Waals surface area contributed by atoms with Crippen LogP contribution in [0.5, 0.6) is 0 Å². The van der Waals surface area contributed by atoms with Gasteiger partial charge in [0.25, 0.3) is 0 Å². The van der Waals surface area contributed by atoms with Crippen LogP contribution in [0.25, 0.3) is 0 Å². The maximum absolute atomic E-state index is 4.05. The van der Waals surface area contributed by atoms with Gasteiger partial charge in [-0.3, -0.25) is 0 Å². The summed E-state index contributed by atoms with van der Waals surface area (Å²) in [5, 5.41) is 0. The second kappa shape index (κ2) is 11.0. The molecule has 98 valence electrons. The third-order valence-electron chi connectivity index (χ3n) is 2.65.